The fourth-order valence-electron chi connectivity index (χ4n) is 4.35. The number of aryl methyl sites for hydroxylation is 3. The molecule has 0 saturated carbocycles. The lowest BCUT2D eigenvalue weighted by Gasteiger charge is -2.20. The van der Waals surface area contributed by atoms with Gasteiger partial charge in [0.1, 0.15) is 24.3 Å². The molecule has 1 aliphatic rings. The second kappa shape index (κ2) is 10.1. The van der Waals surface area contributed by atoms with Gasteiger partial charge in [-0.1, -0.05) is 52.7 Å². The van der Waals surface area contributed by atoms with E-state index in [1.165, 1.54) is 4.68 Å². The van der Waals surface area contributed by atoms with Crippen molar-refractivity contribution < 1.29 is 28.9 Å². The van der Waals surface area contributed by atoms with E-state index in [9.17, 15) is 14.7 Å². The lowest BCUT2D eigenvalue weighted by molar-refractivity contribution is -0.0631. The van der Waals surface area contributed by atoms with Crippen LogP contribution < -0.4 is 0 Å². The second-order valence-corrected chi connectivity index (χ2v) is 9.23. The highest BCUT2D eigenvalue weighted by Gasteiger charge is 2.49. The number of benzene rings is 3. The SMILES string of the molecule is Cc1ccc(C(=O)OC[C@H]2O[C@@H](n3nnc4cccc(C)c43)[C@H](O)[C@@H]2OC(=O)c2ccc(C)cc2)cc1. The molecule has 3 aromatic carbocycles. The molecule has 4 atom stereocenters. The zero-order chi connectivity index (χ0) is 26.1. The van der Waals surface area contributed by atoms with Gasteiger partial charge in [0, 0.05) is 0 Å². The number of hydrogen-bond donors (Lipinski definition) is 1. The molecule has 1 fully saturated rings. The van der Waals surface area contributed by atoms with E-state index >= 15 is 0 Å². The van der Waals surface area contributed by atoms with Crippen LogP contribution in [-0.4, -0.2) is 57.0 Å². The molecule has 190 valence electrons. The van der Waals surface area contributed by atoms with Crippen LogP contribution in [0, 0.1) is 20.8 Å². The Morgan fingerprint density at radius 1 is 0.919 bits per heavy atom. The number of para-hydroxylation sites is 1. The van der Waals surface area contributed by atoms with E-state index in [1.807, 2.05) is 51.1 Å². The summed E-state index contributed by atoms with van der Waals surface area (Å²) in [7, 11) is 0. The topological polar surface area (TPSA) is 113 Å². The molecule has 1 N–H and O–H groups in total. The van der Waals surface area contributed by atoms with Crippen LogP contribution >= 0.6 is 0 Å². The number of aromatic nitrogens is 3. The molecule has 0 amide bonds. The third-order valence-corrected chi connectivity index (χ3v) is 6.44. The van der Waals surface area contributed by atoms with Gasteiger partial charge in [-0.15, -0.1) is 5.10 Å². The summed E-state index contributed by atoms with van der Waals surface area (Å²) in [5.41, 5.74) is 4.94. The normalized spacial score (nSPS) is 21.2. The average Bonchev–Trinajstić information content (AvgIpc) is 3.45. The molecular weight excluding hydrogens is 474 g/mol. The fraction of sp³-hybridized carbons (Fsp3) is 0.286. The number of esters is 2. The number of carbonyl (C=O) groups excluding carboxylic acids is 2. The molecule has 0 unspecified atom stereocenters. The second-order valence-electron chi connectivity index (χ2n) is 9.23. The zero-order valence-corrected chi connectivity index (χ0v) is 20.7. The monoisotopic (exact) mass is 501 g/mol. The third-order valence-electron chi connectivity index (χ3n) is 6.44. The van der Waals surface area contributed by atoms with Gasteiger partial charge in [0.2, 0.25) is 0 Å². The highest BCUT2D eigenvalue weighted by Crippen LogP contribution is 2.34. The first kappa shape index (κ1) is 24.6. The molecule has 1 aliphatic heterocycles. The van der Waals surface area contributed by atoms with Gasteiger partial charge >= 0.3 is 11.9 Å². The third kappa shape index (κ3) is 4.96. The Morgan fingerprint density at radius 3 is 2.19 bits per heavy atom. The number of aliphatic hydroxyl groups is 1. The molecule has 4 aromatic rings. The number of nitrogens with zero attached hydrogens (tertiary/aromatic N) is 3. The van der Waals surface area contributed by atoms with Crippen LogP contribution in [0.15, 0.2) is 66.7 Å². The molecule has 1 saturated heterocycles. The summed E-state index contributed by atoms with van der Waals surface area (Å²) in [6.07, 6.45) is -4.35. The van der Waals surface area contributed by atoms with Gasteiger partial charge in [-0.2, -0.15) is 0 Å². The zero-order valence-electron chi connectivity index (χ0n) is 20.7. The summed E-state index contributed by atoms with van der Waals surface area (Å²) >= 11 is 0. The fourth-order valence-corrected chi connectivity index (χ4v) is 4.35. The summed E-state index contributed by atoms with van der Waals surface area (Å²) < 4.78 is 18.8. The minimum absolute atomic E-state index is 0.238. The molecule has 0 radical (unpaired) electrons. The van der Waals surface area contributed by atoms with E-state index < -0.39 is 36.5 Å². The van der Waals surface area contributed by atoms with E-state index in [1.54, 1.807) is 36.4 Å². The summed E-state index contributed by atoms with van der Waals surface area (Å²) in [6, 6.07) is 19.4. The van der Waals surface area contributed by atoms with Crippen molar-refractivity contribution in [3.05, 3.63) is 94.5 Å². The van der Waals surface area contributed by atoms with E-state index in [0.29, 0.717) is 22.2 Å². The van der Waals surface area contributed by atoms with Crippen molar-refractivity contribution >= 4 is 23.0 Å². The molecule has 0 aliphatic carbocycles. The van der Waals surface area contributed by atoms with Gasteiger partial charge in [0.25, 0.3) is 0 Å². The Labute approximate surface area is 213 Å². The molecule has 2 heterocycles. The Bertz CT molecular complexity index is 1430. The maximum Gasteiger partial charge on any atom is 0.338 e. The first-order valence-corrected chi connectivity index (χ1v) is 12.0. The maximum absolute atomic E-state index is 12.9. The first-order valence-electron chi connectivity index (χ1n) is 12.0. The number of fused-ring (bicyclic) bond motifs is 1. The molecule has 0 spiro atoms. The van der Waals surface area contributed by atoms with Crippen LogP contribution in [0.2, 0.25) is 0 Å². The van der Waals surface area contributed by atoms with Gasteiger partial charge < -0.3 is 19.3 Å². The minimum atomic E-state index is -1.29. The molecule has 9 heteroatoms. The number of hydrogen-bond acceptors (Lipinski definition) is 8. The van der Waals surface area contributed by atoms with Crippen molar-refractivity contribution in [2.75, 3.05) is 6.61 Å². The summed E-state index contributed by atoms with van der Waals surface area (Å²) in [5.74, 6) is -1.17. The first-order chi connectivity index (χ1) is 17.8. The Hall–Kier alpha value is -4.08. The number of rotatable bonds is 6. The van der Waals surface area contributed by atoms with Gasteiger partial charge in [-0.25, -0.2) is 14.3 Å². The molecular formula is C28H27N3O6. The lowest BCUT2D eigenvalue weighted by atomic mass is 10.1. The highest BCUT2D eigenvalue weighted by atomic mass is 16.6. The Balaban J connectivity index is 1.40. The van der Waals surface area contributed by atoms with Gasteiger partial charge in [0.05, 0.1) is 16.6 Å². The summed E-state index contributed by atoms with van der Waals surface area (Å²) in [5, 5.41) is 19.6. The van der Waals surface area contributed by atoms with Gasteiger partial charge in [0.15, 0.2) is 12.3 Å². The van der Waals surface area contributed by atoms with Crippen LogP contribution in [0.3, 0.4) is 0 Å². The van der Waals surface area contributed by atoms with Crippen molar-refractivity contribution in [2.45, 2.75) is 45.3 Å². The van der Waals surface area contributed by atoms with E-state index in [-0.39, 0.29) is 6.61 Å². The van der Waals surface area contributed by atoms with Crippen LogP contribution in [0.25, 0.3) is 11.0 Å². The molecule has 0 bridgehead atoms. The number of aliphatic hydroxyl groups excluding tert-OH is 1. The van der Waals surface area contributed by atoms with Crippen LogP contribution in [0.1, 0.15) is 43.6 Å². The van der Waals surface area contributed by atoms with E-state index in [4.69, 9.17) is 14.2 Å². The van der Waals surface area contributed by atoms with Crippen molar-refractivity contribution in [1.29, 1.82) is 0 Å². The van der Waals surface area contributed by atoms with Crippen molar-refractivity contribution in [1.82, 2.24) is 15.0 Å². The quantitative estimate of drug-likeness (QED) is 0.398. The van der Waals surface area contributed by atoms with Crippen molar-refractivity contribution in [3.8, 4) is 0 Å². The largest absolute Gasteiger partial charge is 0.459 e. The average molecular weight is 502 g/mol. The highest BCUT2D eigenvalue weighted by molar-refractivity contribution is 5.90. The molecule has 37 heavy (non-hydrogen) atoms. The standard InChI is InChI=1S/C28H27N3O6/c1-16-7-11-19(12-8-16)27(33)35-15-22-25(37-28(34)20-13-9-17(2)10-14-20)24(32)26(36-22)31-23-18(3)5-4-6-21(23)29-30-31/h4-14,22,24-26,32H,15H2,1-3H3/t22-,24-,25-,26-/m1/s1. The Morgan fingerprint density at radius 2 is 1.54 bits per heavy atom. The summed E-state index contributed by atoms with van der Waals surface area (Å²) in [4.78, 5) is 25.6. The Kier molecular flexibility index (Phi) is 6.73. The number of ether oxygens (including phenoxy) is 3. The van der Waals surface area contributed by atoms with E-state index in [0.717, 1.165) is 16.7 Å². The van der Waals surface area contributed by atoms with Crippen molar-refractivity contribution in [2.24, 2.45) is 0 Å². The van der Waals surface area contributed by atoms with Crippen LogP contribution in [-0.2, 0) is 14.2 Å². The lowest BCUT2D eigenvalue weighted by Crippen LogP contribution is -2.39. The van der Waals surface area contributed by atoms with Gasteiger partial charge in [-0.05, 0) is 56.7 Å². The van der Waals surface area contributed by atoms with Crippen LogP contribution in [0.5, 0.6) is 0 Å². The molecule has 9 nitrogen and oxygen atoms in total. The molecule has 5 rings (SSSR count). The predicted molar refractivity (Wildman–Crippen MR) is 134 cm³/mol. The molecule has 1 aromatic heterocycles. The van der Waals surface area contributed by atoms with Gasteiger partial charge in [-0.3, -0.25) is 0 Å². The smallest absolute Gasteiger partial charge is 0.338 e. The van der Waals surface area contributed by atoms with E-state index in [2.05, 4.69) is 10.3 Å². The predicted octanol–water partition coefficient (Wildman–Crippen LogP) is 3.70. The van der Waals surface area contributed by atoms with Crippen molar-refractivity contribution in [3.63, 3.8) is 0 Å². The maximum atomic E-state index is 12.9. The summed E-state index contributed by atoms with van der Waals surface area (Å²) in [6.45, 7) is 5.50. The minimum Gasteiger partial charge on any atom is -0.459 e. The number of carbonyl (C=O) groups is 2. The van der Waals surface area contributed by atoms with Crippen LogP contribution in [0.4, 0.5) is 0 Å².